The van der Waals surface area contributed by atoms with Crippen LogP contribution in [0.3, 0.4) is 0 Å². The third-order valence-electron chi connectivity index (χ3n) is 14.8. The molecule has 2 atom stereocenters. The molecule has 0 aliphatic heterocycles. The van der Waals surface area contributed by atoms with Gasteiger partial charge in [-0.2, -0.15) is 0 Å². The summed E-state index contributed by atoms with van der Waals surface area (Å²) in [6, 6.07) is 0. The van der Waals surface area contributed by atoms with Crippen molar-refractivity contribution in [3.63, 3.8) is 0 Å². The molecule has 0 aliphatic rings. The van der Waals surface area contributed by atoms with E-state index >= 15 is 0 Å². The fraction of sp³-hybridized carbons (Fsp3) is 0.952. The monoisotopic (exact) mass is 975 g/mol. The number of hydrogen-bond acceptors (Lipinski definition) is 6. The van der Waals surface area contributed by atoms with Gasteiger partial charge < -0.3 is 14.2 Å². The molecule has 0 bridgehead atoms. The summed E-state index contributed by atoms with van der Waals surface area (Å²) < 4.78 is 16.9. The molecule has 0 aromatic carbocycles. The molecule has 0 saturated carbocycles. The molecule has 0 aromatic rings. The number of esters is 3. The second kappa shape index (κ2) is 55.7. The molecule has 0 rings (SSSR count). The summed E-state index contributed by atoms with van der Waals surface area (Å²) in [4.78, 5) is 38.2. The fourth-order valence-corrected chi connectivity index (χ4v) is 9.73. The minimum Gasteiger partial charge on any atom is -0.462 e. The van der Waals surface area contributed by atoms with Crippen molar-refractivity contribution in [2.24, 2.45) is 11.8 Å². The van der Waals surface area contributed by atoms with Gasteiger partial charge in [-0.1, -0.05) is 317 Å². The average molecular weight is 976 g/mol. The maximum atomic E-state index is 12.9. The van der Waals surface area contributed by atoms with E-state index in [0.717, 1.165) is 69.6 Å². The van der Waals surface area contributed by atoms with Crippen LogP contribution in [-0.2, 0) is 28.6 Å². The summed E-state index contributed by atoms with van der Waals surface area (Å²) in [5.74, 6) is 0.910. The van der Waals surface area contributed by atoms with Gasteiger partial charge in [-0.15, -0.1) is 0 Å². The molecule has 0 radical (unpaired) electrons. The van der Waals surface area contributed by atoms with Gasteiger partial charge in [0.05, 0.1) is 0 Å². The highest BCUT2D eigenvalue weighted by Gasteiger charge is 2.19. The van der Waals surface area contributed by atoms with E-state index in [9.17, 15) is 14.4 Å². The number of carbonyl (C=O) groups is 3. The Labute approximate surface area is 431 Å². The molecule has 0 heterocycles. The van der Waals surface area contributed by atoms with Crippen LogP contribution in [0, 0.1) is 11.8 Å². The minimum atomic E-state index is -0.763. The van der Waals surface area contributed by atoms with Gasteiger partial charge in [0, 0.05) is 19.3 Å². The first kappa shape index (κ1) is 67.4. The van der Waals surface area contributed by atoms with Gasteiger partial charge >= 0.3 is 17.9 Å². The Bertz CT molecular complexity index is 1060. The molecule has 0 saturated heterocycles. The van der Waals surface area contributed by atoms with Crippen LogP contribution >= 0.6 is 0 Å². The number of carbonyl (C=O) groups excluding carboxylic acids is 3. The molecule has 6 nitrogen and oxygen atoms in total. The summed E-state index contributed by atoms with van der Waals surface area (Å²) in [5, 5.41) is 0. The van der Waals surface area contributed by atoms with Crippen LogP contribution < -0.4 is 0 Å². The van der Waals surface area contributed by atoms with Crippen molar-refractivity contribution in [1.82, 2.24) is 0 Å². The second-order valence-electron chi connectivity index (χ2n) is 22.4. The summed E-state index contributed by atoms with van der Waals surface area (Å²) in [6.45, 7) is 11.5. The van der Waals surface area contributed by atoms with Crippen molar-refractivity contribution in [3.8, 4) is 0 Å². The average Bonchev–Trinajstić information content (AvgIpc) is 3.34. The molecular weight excluding hydrogens is 853 g/mol. The normalized spacial score (nSPS) is 12.4. The maximum absolute atomic E-state index is 12.9. The van der Waals surface area contributed by atoms with E-state index in [2.05, 4.69) is 34.6 Å². The van der Waals surface area contributed by atoms with Gasteiger partial charge in [0.15, 0.2) is 6.10 Å². The summed E-state index contributed by atoms with van der Waals surface area (Å²) in [5.41, 5.74) is 0. The Balaban J connectivity index is 4.24. The van der Waals surface area contributed by atoms with Gasteiger partial charge in [-0.25, -0.2) is 0 Å². The van der Waals surface area contributed by atoms with Gasteiger partial charge in [-0.3, -0.25) is 14.4 Å². The van der Waals surface area contributed by atoms with Crippen LogP contribution in [0.1, 0.15) is 356 Å². The highest BCUT2D eigenvalue weighted by molar-refractivity contribution is 5.71. The van der Waals surface area contributed by atoms with Gasteiger partial charge in [0.1, 0.15) is 13.2 Å². The third-order valence-corrected chi connectivity index (χ3v) is 14.8. The number of rotatable bonds is 57. The highest BCUT2D eigenvalue weighted by Crippen LogP contribution is 2.19. The predicted molar refractivity (Wildman–Crippen MR) is 298 cm³/mol. The van der Waals surface area contributed by atoms with Crippen LogP contribution in [0.15, 0.2) is 0 Å². The van der Waals surface area contributed by atoms with Crippen LogP contribution in [0.25, 0.3) is 0 Å². The van der Waals surface area contributed by atoms with Crippen LogP contribution in [-0.4, -0.2) is 37.2 Å². The van der Waals surface area contributed by atoms with Crippen molar-refractivity contribution in [3.05, 3.63) is 0 Å². The SMILES string of the molecule is CCCCCCCCCCCCCCCCC(=O)O[C@@H](COC(=O)CCCCCCCCCCCCCCCCCCCCC(C)CC)COC(=O)CCCCCCCCCCCCCCC(C)C. The Morgan fingerprint density at radius 3 is 0.826 bits per heavy atom. The number of hydrogen-bond donors (Lipinski definition) is 0. The van der Waals surface area contributed by atoms with E-state index in [-0.39, 0.29) is 31.1 Å². The van der Waals surface area contributed by atoms with Crippen molar-refractivity contribution in [1.29, 1.82) is 0 Å². The molecule has 0 fully saturated rings. The Morgan fingerprint density at radius 2 is 0.551 bits per heavy atom. The first-order valence-corrected chi connectivity index (χ1v) is 31.3. The topological polar surface area (TPSA) is 78.9 Å². The molecule has 6 heteroatoms. The highest BCUT2D eigenvalue weighted by atomic mass is 16.6. The minimum absolute atomic E-state index is 0.0620. The van der Waals surface area contributed by atoms with Crippen LogP contribution in [0.4, 0.5) is 0 Å². The van der Waals surface area contributed by atoms with E-state index in [1.165, 1.54) is 244 Å². The molecule has 1 unspecified atom stereocenters. The lowest BCUT2D eigenvalue weighted by Crippen LogP contribution is -2.30. The van der Waals surface area contributed by atoms with Gasteiger partial charge in [0.2, 0.25) is 0 Å². The second-order valence-corrected chi connectivity index (χ2v) is 22.4. The summed E-state index contributed by atoms with van der Waals surface area (Å²) >= 11 is 0. The fourth-order valence-electron chi connectivity index (χ4n) is 9.73. The Hall–Kier alpha value is -1.59. The Morgan fingerprint density at radius 1 is 0.304 bits per heavy atom. The van der Waals surface area contributed by atoms with Crippen molar-refractivity contribution >= 4 is 17.9 Å². The molecule has 0 N–H and O–H groups in total. The standard InChI is InChI=1S/C63H122O6/c1-6-8-9-10-11-12-13-14-22-30-35-40-45-50-55-63(66)69-60(57-68-62(65)54-49-44-39-34-29-25-24-26-31-36-41-46-51-58(3)4)56-67-61(64)53-48-43-38-33-28-23-20-18-16-15-17-19-21-27-32-37-42-47-52-59(5)7-2/h58-60H,6-57H2,1-5H3/t59?,60-/m0/s1. The molecule has 69 heavy (non-hydrogen) atoms. The van der Waals surface area contributed by atoms with E-state index in [0.29, 0.717) is 19.3 Å². The first-order chi connectivity index (χ1) is 33.8. The van der Waals surface area contributed by atoms with Crippen LogP contribution in [0.2, 0.25) is 0 Å². The largest absolute Gasteiger partial charge is 0.462 e. The van der Waals surface area contributed by atoms with Crippen LogP contribution in [0.5, 0.6) is 0 Å². The van der Waals surface area contributed by atoms with E-state index in [1.54, 1.807) is 0 Å². The maximum Gasteiger partial charge on any atom is 0.306 e. The first-order valence-electron chi connectivity index (χ1n) is 31.3. The predicted octanol–water partition coefficient (Wildman–Crippen LogP) is 20.8. The molecule has 0 aliphatic carbocycles. The molecule has 0 aromatic heterocycles. The molecule has 0 amide bonds. The van der Waals surface area contributed by atoms with E-state index < -0.39 is 6.10 Å². The quantitative estimate of drug-likeness (QED) is 0.0343. The van der Waals surface area contributed by atoms with Gasteiger partial charge in [-0.05, 0) is 31.1 Å². The van der Waals surface area contributed by atoms with Crippen molar-refractivity contribution < 1.29 is 28.6 Å². The van der Waals surface area contributed by atoms with Crippen molar-refractivity contribution in [2.45, 2.75) is 362 Å². The zero-order chi connectivity index (χ0) is 50.4. The zero-order valence-corrected chi connectivity index (χ0v) is 47.5. The third kappa shape index (κ3) is 55.6. The smallest absolute Gasteiger partial charge is 0.306 e. The summed E-state index contributed by atoms with van der Waals surface area (Å²) in [6.07, 6.45) is 60.9. The summed E-state index contributed by atoms with van der Waals surface area (Å²) in [7, 11) is 0. The molecular formula is C63H122O6. The number of ether oxygens (including phenoxy) is 3. The lowest BCUT2D eigenvalue weighted by molar-refractivity contribution is -0.167. The van der Waals surface area contributed by atoms with Crippen molar-refractivity contribution in [2.75, 3.05) is 13.2 Å². The van der Waals surface area contributed by atoms with Gasteiger partial charge in [0.25, 0.3) is 0 Å². The lowest BCUT2D eigenvalue weighted by Gasteiger charge is -2.18. The lowest BCUT2D eigenvalue weighted by atomic mass is 9.99. The Kier molecular flexibility index (Phi) is 54.4. The molecule has 0 spiro atoms. The number of unbranched alkanes of at least 4 members (excludes halogenated alkanes) is 41. The van der Waals surface area contributed by atoms with E-state index in [1.807, 2.05) is 0 Å². The zero-order valence-electron chi connectivity index (χ0n) is 47.5. The molecule has 410 valence electrons. The van der Waals surface area contributed by atoms with E-state index in [4.69, 9.17) is 14.2 Å².